The van der Waals surface area contributed by atoms with Crippen LogP contribution in [0.5, 0.6) is 0 Å². The van der Waals surface area contributed by atoms with Gasteiger partial charge in [0.1, 0.15) is 5.60 Å². The molecule has 0 N–H and O–H groups in total. The van der Waals surface area contributed by atoms with Gasteiger partial charge in [-0.3, -0.25) is 0 Å². The van der Waals surface area contributed by atoms with Crippen molar-refractivity contribution in [1.29, 1.82) is 10.5 Å². The predicted molar refractivity (Wildman–Crippen MR) is 65.2 cm³/mol. The summed E-state index contributed by atoms with van der Waals surface area (Å²) >= 11 is 0. The SMILES string of the molecule is CC(C)(C)OC(=O)N1C[C@@H](CC#N)[C@@H](CC#N)C1. The van der Waals surface area contributed by atoms with Crippen LogP contribution in [-0.4, -0.2) is 29.7 Å². The Morgan fingerprint density at radius 2 is 1.67 bits per heavy atom. The first-order chi connectivity index (χ1) is 8.37. The quantitative estimate of drug-likeness (QED) is 0.752. The molecule has 0 unspecified atom stereocenters. The molecule has 0 radical (unpaired) electrons. The van der Waals surface area contributed by atoms with Gasteiger partial charge in [-0.25, -0.2) is 4.79 Å². The van der Waals surface area contributed by atoms with Gasteiger partial charge in [-0.2, -0.15) is 10.5 Å². The Hall–Kier alpha value is -1.75. The summed E-state index contributed by atoms with van der Waals surface area (Å²) in [7, 11) is 0. The van der Waals surface area contributed by atoms with E-state index in [4.69, 9.17) is 15.3 Å². The van der Waals surface area contributed by atoms with Gasteiger partial charge >= 0.3 is 6.09 Å². The summed E-state index contributed by atoms with van der Waals surface area (Å²) in [4.78, 5) is 13.5. The average Bonchev–Trinajstić information content (AvgIpc) is 2.61. The van der Waals surface area contributed by atoms with Crippen molar-refractivity contribution < 1.29 is 9.53 Å². The molecule has 0 aromatic carbocycles. The van der Waals surface area contributed by atoms with Crippen molar-refractivity contribution in [3.8, 4) is 12.1 Å². The van der Waals surface area contributed by atoms with Crippen LogP contribution in [0.25, 0.3) is 0 Å². The second-order valence-corrected chi connectivity index (χ2v) is 5.63. The van der Waals surface area contributed by atoms with Crippen LogP contribution in [0.2, 0.25) is 0 Å². The Labute approximate surface area is 108 Å². The monoisotopic (exact) mass is 249 g/mol. The van der Waals surface area contributed by atoms with E-state index in [1.807, 2.05) is 20.8 Å². The van der Waals surface area contributed by atoms with Crippen molar-refractivity contribution in [2.45, 2.75) is 39.2 Å². The molecule has 1 amide bonds. The number of ether oxygens (including phenoxy) is 1. The summed E-state index contributed by atoms with van der Waals surface area (Å²) in [6.07, 6.45) is 0.406. The number of nitriles is 2. The van der Waals surface area contributed by atoms with Crippen LogP contribution in [0.15, 0.2) is 0 Å². The van der Waals surface area contributed by atoms with Crippen LogP contribution in [0.1, 0.15) is 33.6 Å². The molecule has 5 heteroatoms. The molecule has 0 aromatic heterocycles. The molecule has 1 heterocycles. The van der Waals surface area contributed by atoms with Crippen LogP contribution in [0.3, 0.4) is 0 Å². The number of hydrogen-bond acceptors (Lipinski definition) is 4. The highest BCUT2D eigenvalue weighted by atomic mass is 16.6. The lowest BCUT2D eigenvalue weighted by Gasteiger charge is -2.24. The second kappa shape index (κ2) is 5.73. The van der Waals surface area contributed by atoms with Crippen LogP contribution in [0.4, 0.5) is 4.79 Å². The standard InChI is InChI=1S/C13H19N3O2/c1-13(2,3)18-12(17)16-8-10(4-6-14)11(9-16)5-7-15/h10-11H,4-5,8-9H2,1-3H3/t10-,11+. The van der Waals surface area contributed by atoms with Gasteiger partial charge < -0.3 is 9.64 Å². The summed E-state index contributed by atoms with van der Waals surface area (Å²) in [6.45, 7) is 6.48. The number of nitrogens with zero attached hydrogens (tertiary/aromatic N) is 3. The summed E-state index contributed by atoms with van der Waals surface area (Å²) < 4.78 is 5.30. The molecule has 0 spiro atoms. The Bertz CT molecular complexity index is 363. The zero-order valence-electron chi connectivity index (χ0n) is 11.1. The van der Waals surface area contributed by atoms with Gasteiger partial charge in [0.25, 0.3) is 0 Å². The molecule has 1 rings (SSSR count). The molecule has 98 valence electrons. The normalized spacial score (nSPS) is 23.3. The molecule has 1 saturated heterocycles. The number of carbonyl (C=O) groups excluding carboxylic acids is 1. The molecule has 0 aromatic rings. The van der Waals surface area contributed by atoms with Crippen LogP contribution < -0.4 is 0 Å². The molecule has 2 atom stereocenters. The molecule has 0 aliphatic carbocycles. The third-order valence-corrected chi connectivity index (χ3v) is 2.94. The van der Waals surface area contributed by atoms with E-state index in [-0.39, 0.29) is 17.9 Å². The van der Waals surface area contributed by atoms with E-state index < -0.39 is 5.60 Å². The average molecular weight is 249 g/mol. The summed E-state index contributed by atoms with van der Waals surface area (Å²) in [5.41, 5.74) is -0.519. The lowest BCUT2D eigenvalue weighted by atomic mass is 9.91. The molecule has 18 heavy (non-hydrogen) atoms. The van der Waals surface area contributed by atoms with Gasteiger partial charge in [-0.05, 0) is 32.6 Å². The van der Waals surface area contributed by atoms with E-state index in [1.165, 1.54) is 0 Å². The Morgan fingerprint density at radius 3 is 2.00 bits per heavy atom. The van der Waals surface area contributed by atoms with Crippen LogP contribution in [-0.2, 0) is 4.74 Å². The van der Waals surface area contributed by atoms with Crippen LogP contribution in [0, 0.1) is 34.5 Å². The lowest BCUT2D eigenvalue weighted by molar-refractivity contribution is 0.0284. The Morgan fingerprint density at radius 1 is 1.22 bits per heavy atom. The molecular weight excluding hydrogens is 230 g/mol. The molecular formula is C13H19N3O2. The maximum Gasteiger partial charge on any atom is 0.410 e. The van der Waals surface area contributed by atoms with E-state index in [9.17, 15) is 4.79 Å². The molecule has 1 aliphatic rings. The van der Waals surface area contributed by atoms with Gasteiger partial charge in [-0.15, -0.1) is 0 Å². The third kappa shape index (κ3) is 3.92. The highest BCUT2D eigenvalue weighted by molar-refractivity contribution is 5.68. The summed E-state index contributed by atoms with van der Waals surface area (Å²) in [6, 6.07) is 4.24. The minimum Gasteiger partial charge on any atom is -0.444 e. The summed E-state index contributed by atoms with van der Waals surface area (Å²) in [5, 5.41) is 17.5. The number of amides is 1. The fraction of sp³-hybridized carbons (Fsp3) is 0.769. The highest BCUT2D eigenvalue weighted by Crippen LogP contribution is 2.29. The molecule has 1 fully saturated rings. The van der Waals surface area contributed by atoms with E-state index >= 15 is 0 Å². The first-order valence-electron chi connectivity index (χ1n) is 6.09. The van der Waals surface area contributed by atoms with Crippen LogP contribution >= 0.6 is 0 Å². The molecule has 0 bridgehead atoms. The molecule has 5 nitrogen and oxygen atoms in total. The van der Waals surface area contributed by atoms with E-state index in [2.05, 4.69) is 12.1 Å². The van der Waals surface area contributed by atoms with Crippen molar-refractivity contribution in [3.63, 3.8) is 0 Å². The van der Waals surface area contributed by atoms with Gasteiger partial charge in [0.2, 0.25) is 0 Å². The molecule has 0 saturated carbocycles. The van der Waals surface area contributed by atoms with Gasteiger partial charge in [0.05, 0.1) is 12.1 Å². The predicted octanol–water partition coefficient (Wildman–Crippen LogP) is 2.30. The zero-order valence-corrected chi connectivity index (χ0v) is 11.1. The largest absolute Gasteiger partial charge is 0.444 e. The van der Waals surface area contributed by atoms with Gasteiger partial charge in [0, 0.05) is 25.9 Å². The number of likely N-dealkylation sites (tertiary alicyclic amines) is 1. The number of rotatable bonds is 2. The highest BCUT2D eigenvalue weighted by Gasteiger charge is 2.36. The van der Waals surface area contributed by atoms with Crippen molar-refractivity contribution in [3.05, 3.63) is 0 Å². The Balaban J connectivity index is 2.63. The zero-order chi connectivity index (χ0) is 13.8. The van der Waals surface area contributed by atoms with Gasteiger partial charge in [-0.1, -0.05) is 0 Å². The van der Waals surface area contributed by atoms with E-state index in [1.54, 1.807) is 4.90 Å². The first kappa shape index (κ1) is 14.3. The first-order valence-corrected chi connectivity index (χ1v) is 6.09. The van der Waals surface area contributed by atoms with Crippen molar-refractivity contribution in [2.75, 3.05) is 13.1 Å². The van der Waals surface area contributed by atoms with E-state index in [0.29, 0.717) is 25.9 Å². The van der Waals surface area contributed by atoms with Crippen molar-refractivity contribution in [1.82, 2.24) is 4.90 Å². The third-order valence-electron chi connectivity index (χ3n) is 2.94. The minimum absolute atomic E-state index is 0.0853. The maximum absolute atomic E-state index is 11.9. The van der Waals surface area contributed by atoms with Crippen molar-refractivity contribution >= 4 is 6.09 Å². The second-order valence-electron chi connectivity index (χ2n) is 5.63. The Kier molecular flexibility index (Phi) is 4.55. The topological polar surface area (TPSA) is 77.1 Å². The number of hydrogen-bond donors (Lipinski definition) is 0. The lowest BCUT2D eigenvalue weighted by Crippen LogP contribution is -2.35. The van der Waals surface area contributed by atoms with Crippen molar-refractivity contribution in [2.24, 2.45) is 11.8 Å². The number of carbonyl (C=O) groups is 1. The molecule has 1 aliphatic heterocycles. The maximum atomic E-state index is 11.9. The van der Waals surface area contributed by atoms with E-state index in [0.717, 1.165) is 0 Å². The van der Waals surface area contributed by atoms with Gasteiger partial charge in [0.15, 0.2) is 0 Å². The smallest absolute Gasteiger partial charge is 0.410 e. The minimum atomic E-state index is -0.519. The fourth-order valence-electron chi connectivity index (χ4n) is 2.11. The summed E-state index contributed by atoms with van der Waals surface area (Å²) in [5.74, 6) is 0.171. The fourth-order valence-corrected chi connectivity index (χ4v) is 2.11.